The number of rotatable bonds is 4. The Morgan fingerprint density at radius 3 is 2.74 bits per heavy atom. The molecular weight excluding hydrogens is 458 g/mol. The second-order valence-corrected chi connectivity index (χ2v) is 8.93. The highest BCUT2D eigenvalue weighted by Gasteiger charge is 2.18. The molecule has 4 aromatic rings. The van der Waals surface area contributed by atoms with Gasteiger partial charge >= 0.3 is 0 Å². The van der Waals surface area contributed by atoms with Crippen LogP contribution in [0.15, 0.2) is 82.2 Å². The number of thiazole rings is 1. The van der Waals surface area contributed by atoms with Gasteiger partial charge in [0.25, 0.3) is 5.91 Å². The molecule has 0 aliphatic carbocycles. The third-order valence-electron chi connectivity index (χ3n) is 5.50. The van der Waals surface area contributed by atoms with Gasteiger partial charge < -0.3 is 10.1 Å². The van der Waals surface area contributed by atoms with E-state index >= 15 is 0 Å². The van der Waals surface area contributed by atoms with Crippen molar-refractivity contribution in [2.24, 2.45) is 10.1 Å². The van der Waals surface area contributed by atoms with Crippen LogP contribution in [0, 0.1) is 18.3 Å². The molecule has 35 heavy (non-hydrogen) atoms. The molecule has 0 unspecified atom stereocenters. The van der Waals surface area contributed by atoms with Crippen LogP contribution in [0.3, 0.4) is 0 Å². The predicted molar refractivity (Wildman–Crippen MR) is 137 cm³/mol. The van der Waals surface area contributed by atoms with Crippen LogP contribution >= 0.6 is 11.3 Å². The van der Waals surface area contributed by atoms with E-state index in [2.05, 4.69) is 11.4 Å². The monoisotopic (exact) mass is 479 g/mol. The van der Waals surface area contributed by atoms with Crippen molar-refractivity contribution in [2.75, 3.05) is 11.9 Å². The van der Waals surface area contributed by atoms with Gasteiger partial charge in [-0.3, -0.25) is 4.79 Å². The molecule has 7 nitrogen and oxygen atoms in total. The molecule has 0 saturated carbocycles. The summed E-state index contributed by atoms with van der Waals surface area (Å²) in [5, 5.41) is 18.9. The molecule has 8 heteroatoms. The lowest BCUT2D eigenvalue weighted by Gasteiger charge is -2.18. The molecule has 2 heterocycles. The summed E-state index contributed by atoms with van der Waals surface area (Å²) in [7, 11) is 0. The van der Waals surface area contributed by atoms with E-state index in [-0.39, 0.29) is 12.5 Å². The van der Waals surface area contributed by atoms with E-state index in [4.69, 9.17) is 20.1 Å². The van der Waals surface area contributed by atoms with Crippen LogP contribution in [0.1, 0.15) is 23.6 Å². The number of carbonyl (C=O) groups excluding carboxylic acids is 1. The van der Waals surface area contributed by atoms with Crippen molar-refractivity contribution in [3.63, 3.8) is 0 Å². The summed E-state index contributed by atoms with van der Waals surface area (Å²) in [4.78, 5) is 17.4. The number of nitriles is 1. The van der Waals surface area contributed by atoms with Crippen LogP contribution in [0.5, 0.6) is 5.75 Å². The van der Waals surface area contributed by atoms with E-state index in [1.165, 1.54) is 11.3 Å². The van der Waals surface area contributed by atoms with Gasteiger partial charge in [0.05, 0.1) is 34.4 Å². The molecule has 0 bridgehead atoms. The third-order valence-corrected chi connectivity index (χ3v) is 6.32. The minimum atomic E-state index is -0.183. The second kappa shape index (κ2) is 9.41. The predicted octanol–water partition coefficient (Wildman–Crippen LogP) is 5.23. The molecule has 5 rings (SSSR count). The number of nitrogens with zero attached hydrogens (tertiary/aromatic N) is 4. The van der Waals surface area contributed by atoms with Gasteiger partial charge in [-0.1, -0.05) is 24.3 Å². The number of anilines is 1. The Morgan fingerprint density at radius 1 is 1.14 bits per heavy atom. The van der Waals surface area contributed by atoms with Crippen LogP contribution in [-0.2, 0) is 4.79 Å². The van der Waals surface area contributed by atoms with Crippen LogP contribution in [0.2, 0.25) is 0 Å². The average Bonchev–Trinajstić information content (AvgIpc) is 3.25. The fourth-order valence-electron chi connectivity index (χ4n) is 3.72. The Bertz CT molecular complexity index is 1570. The Balaban J connectivity index is 1.65. The number of aryl methyl sites for hydroxylation is 1. The maximum Gasteiger partial charge on any atom is 0.262 e. The number of amides is 1. The maximum absolute atomic E-state index is 11.8. The second-order valence-electron chi connectivity index (χ2n) is 8.09. The number of hydrogen-bond donors (Lipinski definition) is 1. The molecule has 1 aromatic heterocycles. The Kier molecular flexibility index (Phi) is 6.00. The first-order valence-electron chi connectivity index (χ1n) is 11.0. The van der Waals surface area contributed by atoms with Crippen LogP contribution in [0.4, 0.5) is 11.4 Å². The molecule has 1 amide bonds. The zero-order valence-corrected chi connectivity index (χ0v) is 20.0. The van der Waals surface area contributed by atoms with Crippen molar-refractivity contribution in [2.45, 2.75) is 13.8 Å². The molecule has 3 aromatic carbocycles. The Morgan fingerprint density at radius 2 is 1.97 bits per heavy atom. The number of ether oxygens (including phenoxy) is 1. The van der Waals surface area contributed by atoms with Crippen molar-refractivity contribution >= 4 is 34.3 Å². The average molecular weight is 480 g/mol. The van der Waals surface area contributed by atoms with Crippen LogP contribution < -0.4 is 14.9 Å². The number of fused-ring (bicyclic) bond motifs is 1. The first-order valence-corrected chi connectivity index (χ1v) is 11.8. The number of benzene rings is 3. The first kappa shape index (κ1) is 22.3. The zero-order valence-electron chi connectivity index (χ0n) is 19.1. The SMILES string of the molecule is CC(=Nn1c(-c2ccc3c(c2)NC(=O)CO3)csc1=Nc1cccc(C)c1)c1ccc(C#N)cc1. The van der Waals surface area contributed by atoms with E-state index in [9.17, 15) is 4.79 Å². The molecule has 0 atom stereocenters. The zero-order chi connectivity index (χ0) is 24.4. The van der Waals surface area contributed by atoms with Gasteiger partial charge in [0.2, 0.25) is 4.80 Å². The van der Waals surface area contributed by atoms with Gasteiger partial charge in [0.1, 0.15) is 5.75 Å². The number of nitrogens with one attached hydrogen (secondary N) is 1. The molecule has 1 aliphatic rings. The third kappa shape index (κ3) is 4.76. The topological polar surface area (TPSA) is 91.8 Å². The lowest BCUT2D eigenvalue weighted by Crippen LogP contribution is -2.25. The van der Waals surface area contributed by atoms with Crippen molar-refractivity contribution in [1.29, 1.82) is 5.26 Å². The smallest absolute Gasteiger partial charge is 0.262 e. The van der Waals surface area contributed by atoms with Gasteiger partial charge in [-0.15, -0.1) is 11.3 Å². The summed E-state index contributed by atoms with van der Waals surface area (Å²) in [6, 6.07) is 23.1. The fourth-order valence-corrected chi connectivity index (χ4v) is 4.57. The number of carbonyl (C=O) groups is 1. The van der Waals surface area contributed by atoms with Gasteiger partial charge in [0, 0.05) is 10.9 Å². The van der Waals surface area contributed by atoms with Crippen molar-refractivity contribution in [3.8, 4) is 23.1 Å². The highest BCUT2D eigenvalue weighted by molar-refractivity contribution is 7.07. The van der Waals surface area contributed by atoms with Crippen molar-refractivity contribution in [3.05, 3.63) is 93.6 Å². The summed E-state index contributed by atoms with van der Waals surface area (Å²) in [6.45, 7) is 3.97. The highest BCUT2D eigenvalue weighted by atomic mass is 32.1. The first-order chi connectivity index (χ1) is 17.0. The number of hydrogen-bond acceptors (Lipinski definition) is 6. The van der Waals surface area contributed by atoms with Gasteiger partial charge in [-0.2, -0.15) is 10.4 Å². The molecule has 0 spiro atoms. The summed E-state index contributed by atoms with van der Waals surface area (Å²) < 4.78 is 7.32. The molecule has 0 radical (unpaired) electrons. The molecule has 1 N–H and O–H groups in total. The summed E-state index contributed by atoms with van der Waals surface area (Å²) in [5.74, 6) is 0.453. The largest absolute Gasteiger partial charge is 0.482 e. The van der Waals surface area contributed by atoms with Crippen LogP contribution in [0.25, 0.3) is 11.3 Å². The van der Waals surface area contributed by atoms with E-state index in [1.54, 1.807) is 12.1 Å². The summed E-state index contributed by atoms with van der Waals surface area (Å²) in [5.41, 5.74) is 6.56. The van der Waals surface area contributed by atoms with E-state index < -0.39 is 0 Å². The minimum absolute atomic E-state index is 0.0123. The summed E-state index contributed by atoms with van der Waals surface area (Å²) >= 11 is 1.48. The standard InChI is InChI=1S/C27H21N5O2S/c1-17-4-3-5-22(12-17)29-27-32(31-18(2)20-8-6-19(14-28)7-9-20)24(16-35-27)21-10-11-25-23(13-21)30-26(33)15-34-25/h3-13,16H,15H2,1-2H3,(H,30,33). The van der Waals surface area contributed by atoms with E-state index in [0.717, 1.165) is 33.8 Å². The minimum Gasteiger partial charge on any atom is -0.482 e. The molecule has 0 fully saturated rings. The summed E-state index contributed by atoms with van der Waals surface area (Å²) in [6.07, 6.45) is 0. The number of aromatic nitrogens is 1. The molecule has 172 valence electrons. The van der Waals surface area contributed by atoms with Crippen molar-refractivity contribution < 1.29 is 9.53 Å². The Hall–Kier alpha value is -4.48. The van der Waals surface area contributed by atoms with Crippen molar-refractivity contribution in [1.82, 2.24) is 4.68 Å². The fraction of sp³-hybridized carbons (Fsp3) is 0.111. The molecular formula is C27H21N5O2S. The van der Waals surface area contributed by atoms with Gasteiger partial charge in [-0.05, 0) is 67.4 Å². The van der Waals surface area contributed by atoms with Gasteiger partial charge in [0.15, 0.2) is 6.61 Å². The van der Waals surface area contributed by atoms with E-state index in [1.807, 2.05) is 78.5 Å². The van der Waals surface area contributed by atoms with Crippen LogP contribution in [-0.4, -0.2) is 22.9 Å². The highest BCUT2D eigenvalue weighted by Crippen LogP contribution is 2.33. The van der Waals surface area contributed by atoms with E-state index in [0.29, 0.717) is 21.8 Å². The lowest BCUT2D eigenvalue weighted by molar-refractivity contribution is -0.118. The molecule has 0 saturated heterocycles. The van der Waals surface area contributed by atoms with Gasteiger partial charge in [-0.25, -0.2) is 9.67 Å². The molecule has 1 aliphatic heterocycles. The Labute approximate surface area is 206 Å². The quantitative estimate of drug-likeness (QED) is 0.406. The normalized spacial score (nSPS) is 13.6. The maximum atomic E-state index is 11.8. The lowest BCUT2D eigenvalue weighted by atomic mass is 10.1.